The van der Waals surface area contributed by atoms with E-state index in [4.69, 9.17) is 0 Å². The Kier molecular flexibility index (Phi) is 3.44. The molecule has 2 rings (SSSR count). The molecule has 1 aromatic heterocycles. The fraction of sp³-hybridized carbons (Fsp3) is 0.455. The molecule has 0 bridgehead atoms. The van der Waals surface area contributed by atoms with E-state index in [9.17, 15) is 9.59 Å². The maximum atomic E-state index is 12.3. The molecule has 0 unspecified atom stereocenters. The van der Waals surface area contributed by atoms with Crippen molar-refractivity contribution >= 4 is 45.7 Å². The lowest BCUT2D eigenvalue weighted by atomic mass is 9.98. The van der Waals surface area contributed by atoms with Crippen LogP contribution in [0.15, 0.2) is 11.4 Å². The van der Waals surface area contributed by atoms with Crippen molar-refractivity contribution in [1.29, 1.82) is 0 Å². The first kappa shape index (κ1) is 12.8. The molecule has 2 amide bonds. The van der Waals surface area contributed by atoms with Gasteiger partial charge in [0, 0.05) is 18.5 Å². The molecule has 4 nitrogen and oxygen atoms in total. The molecular weight excluding hydrogens is 351 g/mol. The number of hydrogen-bond acceptors (Lipinski definition) is 3. The van der Waals surface area contributed by atoms with Crippen LogP contribution in [0.25, 0.3) is 0 Å². The molecule has 92 valence electrons. The first-order valence-electron chi connectivity index (χ1n) is 5.27. The summed E-state index contributed by atoms with van der Waals surface area (Å²) in [5, 5.41) is 4.62. The number of rotatable bonds is 1. The molecule has 17 heavy (non-hydrogen) atoms. The number of piperazine rings is 1. The lowest BCUT2D eigenvalue weighted by Crippen LogP contribution is -2.63. The summed E-state index contributed by atoms with van der Waals surface area (Å²) >= 11 is 3.72. The van der Waals surface area contributed by atoms with Crippen molar-refractivity contribution < 1.29 is 9.59 Å². The fourth-order valence-electron chi connectivity index (χ4n) is 1.83. The summed E-state index contributed by atoms with van der Waals surface area (Å²) in [6.45, 7) is 4.63. The van der Waals surface area contributed by atoms with Gasteiger partial charge in [-0.05, 0) is 42.5 Å². The molecule has 6 heteroatoms. The highest BCUT2D eigenvalue weighted by molar-refractivity contribution is 14.1. The van der Waals surface area contributed by atoms with Crippen LogP contribution in [0.4, 0.5) is 0 Å². The second kappa shape index (κ2) is 4.56. The van der Waals surface area contributed by atoms with E-state index >= 15 is 0 Å². The zero-order valence-corrected chi connectivity index (χ0v) is 12.6. The summed E-state index contributed by atoms with van der Waals surface area (Å²) in [4.78, 5) is 25.7. The van der Waals surface area contributed by atoms with Crippen LogP contribution in [0.1, 0.15) is 24.2 Å². The average Bonchev–Trinajstić information content (AvgIpc) is 2.68. The Labute approximate surface area is 118 Å². The van der Waals surface area contributed by atoms with Crippen molar-refractivity contribution in [3.8, 4) is 0 Å². The monoisotopic (exact) mass is 364 g/mol. The minimum absolute atomic E-state index is 0.0657. The minimum Gasteiger partial charge on any atom is -0.352 e. The molecule has 0 aromatic carbocycles. The lowest BCUT2D eigenvalue weighted by molar-refractivity contribution is -0.133. The molecule has 0 saturated carbocycles. The van der Waals surface area contributed by atoms with Crippen LogP contribution >= 0.6 is 33.9 Å². The number of nitrogens with zero attached hydrogens (tertiary/aromatic N) is 1. The highest BCUT2D eigenvalue weighted by Gasteiger charge is 2.40. The largest absolute Gasteiger partial charge is 0.352 e. The Hall–Kier alpha value is -0.630. The number of hydrogen-bond donors (Lipinski definition) is 1. The molecule has 1 aliphatic rings. The standard InChI is InChI=1S/C11H13IN2O2S/c1-11(2)10(16)13-3-4-14(11)9(15)7-5-8(12)17-6-7/h5-6H,3-4H2,1-2H3,(H,13,16). The molecule has 0 atom stereocenters. The summed E-state index contributed by atoms with van der Waals surface area (Å²) in [7, 11) is 0. The van der Waals surface area contributed by atoms with Gasteiger partial charge in [-0.25, -0.2) is 0 Å². The second-order valence-electron chi connectivity index (χ2n) is 4.41. The van der Waals surface area contributed by atoms with Gasteiger partial charge in [-0.2, -0.15) is 0 Å². The van der Waals surface area contributed by atoms with E-state index in [0.717, 1.165) is 2.88 Å². The number of carbonyl (C=O) groups excluding carboxylic acids is 2. The highest BCUT2D eigenvalue weighted by Crippen LogP contribution is 2.23. The molecule has 1 fully saturated rings. The maximum absolute atomic E-state index is 12.3. The molecule has 1 saturated heterocycles. The molecule has 0 spiro atoms. The van der Waals surface area contributed by atoms with Crippen LogP contribution in [-0.4, -0.2) is 35.3 Å². The number of halogens is 1. The van der Waals surface area contributed by atoms with Crippen LogP contribution in [0.3, 0.4) is 0 Å². The van der Waals surface area contributed by atoms with Gasteiger partial charge in [-0.1, -0.05) is 0 Å². The predicted octanol–water partition coefficient (Wildman–Crippen LogP) is 1.70. The molecule has 2 heterocycles. The zero-order chi connectivity index (χ0) is 12.6. The summed E-state index contributed by atoms with van der Waals surface area (Å²) < 4.78 is 1.07. The van der Waals surface area contributed by atoms with Crippen molar-refractivity contribution in [3.05, 3.63) is 19.9 Å². The van der Waals surface area contributed by atoms with Gasteiger partial charge in [0.2, 0.25) is 5.91 Å². The SMILES string of the molecule is CC1(C)C(=O)NCCN1C(=O)c1csc(I)c1. The minimum atomic E-state index is -0.775. The summed E-state index contributed by atoms with van der Waals surface area (Å²) in [5.41, 5.74) is -0.106. The fourth-order valence-corrected chi connectivity index (χ4v) is 3.15. The van der Waals surface area contributed by atoms with Crippen molar-refractivity contribution in [2.45, 2.75) is 19.4 Å². The highest BCUT2D eigenvalue weighted by atomic mass is 127. The van der Waals surface area contributed by atoms with Gasteiger partial charge >= 0.3 is 0 Å². The number of carbonyl (C=O) groups is 2. The first-order valence-corrected chi connectivity index (χ1v) is 7.23. The molecule has 0 radical (unpaired) electrons. The maximum Gasteiger partial charge on any atom is 0.255 e. The van der Waals surface area contributed by atoms with Gasteiger partial charge in [0.25, 0.3) is 5.91 Å². The van der Waals surface area contributed by atoms with Gasteiger partial charge in [0.05, 0.1) is 8.45 Å². The topological polar surface area (TPSA) is 49.4 Å². The van der Waals surface area contributed by atoms with Gasteiger partial charge in [-0.3, -0.25) is 9.59 Å². The van der Waals surface area contributed by atoms with E-state index in [1.54, 1.807) is 18.7 Å². The van der Waals surface area contributed by atoms with Crippen molar-refractivity contribution in [1.82, 2.24) is 10.2 Å². The number of amides is 2. The Morgan fingerprint density at radius 3 is 2.88 bits per heavy atom. The summed E-state index contributed by atoms with van der Waals surface area (Å²) in [6, 6.07) is 1.86. The Balaban J connectivity index is 2.27. The van der Waals surface area contributed by atoms with Crippen LogP contribution in [0, 0.1) is 2.88 Å². The van der Waals surface area contributed by atoms with Crippen LogP contribution in [0.2, 0.25) is 0 Å². The van der Waals surface area contributed by atoms with E-state index in [1.807, 2.05) is 11.4 Å². The van der Waals surface area contributed by atoms with Crippen LogP contribution < -0.4 is 5.32 Å². The van der Waals surface area contributed by atoms with Crippen molar-refractivity contribution in [2.24, 2.45) is 0 Å². The Morgan fingerprint density at radius 2 is 2.29 bits per heavy atom. The van der Waals surface area contributed by atoms with Gasteiger partial charge in [0.15, 0.2) is 0 Å². The first-order chi connectivity index (χ1) is 7.93. The van der Waals surface area contributed by atoms with Crippen LogP contribution in [0.5, 0.6) is 0 Å². The molecule has 1 N–H and O–H groups in total. The van der Waals surface area contributed by atoms with Gasteiger partial charge in [0.1, 0.15) is 5.54 Å². The van der Waals surface area contributed by atoms with E-state index < -0.39 is 5.54 Å². The number of nitrogens with one attached hydrogen (secondary N) is 1. The van der Waals surface area contributed by atoms with E-state index in [-0.39, 0.29) is 11.8 Å². The lowest BCUT2D eigenvalue weighted by Gasteiger charge is -2.41. The molecule has 1 aromatic rings. The normalized spacial score (nSPS) is 19.0. The van der Waals surface area contributed by atoms with Crippen molar-refractivity contribution in [2.75, 3.05) is 13.1 Å². The smallest absolute Gasteiger partial charge is 0.255 e. The molecule has 0 aliphatic carbocycles. The average molecular weight is 364 g/mol. The third-order valence-corrected chi connectivity index (χ3v) is 4.70. The quantitative estimate of drug-likeness (QED) is 0.772. The van der Waals surface area contributed by atoms with Gasteiger partial charge < -0.3 is 10.2 Å². The number of thiophene rings is 1. The third-order valence-electron chi connectivity index (χ3n) is 2.91. The zero-order valence-electron chi connectivity index (χ0n) is 9.62. The summed E-state index contributed by atoms with van der Waals surface area (Å²) in [6.07, 6.45) is 0. The van der Waals surface area contributed by atoms with E-state index in [2.05, 4.69) is 27.9 Å². The predicted molar refractivity (Wildman–Crippen MR) is 75.2 cm³/mol. The van der Waals surface area contributed by atoms with E-state index in [0.29, 0.717) is 18.7 Å². The van der Waals surface area contributed by atoms with Crippen molar-refractivity contribution in [3.63, 3.8) is 0 Å². The van der Waals surface area contributed by atoms with Crippen LogP contribution in [-0.2, 0) is 4.79 Å². The Bertz CT molecular complexity index is 470. The van der Waals surface area contributed by atoms with Gasteiger partial charge in [-0.15, -0.1) is 11.3 Å². The summed E-state index contributed by atoms with van der Waals surface area (Å²) in [5.74, 6) is -0.161. The second-order valence-corrected chi connectivity index (χ2v) is 7.22. The van der Waals surface area contributed by atoms with E-state index in [1.165, 1.54) is 11.3 Å². The Morgan fingerprint density at radius 1 is 1.59 bits per heavy atom. The molecular formula is C11H13IN2O2S. The molecule has 1 aliphatic heterocycles. The third kappa shape index (κ3) is 2.33.